The van der Waals surface area contributed by atoms with Gasteiger partial charge in [-0.3, -0.25) is 14.5 Å². The molecule has 8 nitrogen and oxygen atoms in total. The average Bonchev–Trinajstić information content (AvgIpc) is 3.13. The molecule has 0 aromatic heterocycles. The van der Waals surface area contributed by atoms with Crippen molar-refractivity contribution >= 4 is 21.8 Å². The third-order valence-electron chi connectivity index (χ3n) is 6.02. The highest BCUT2D eigenvalue weighted by Gasteiger charge is 2.44. The smallest absolute Gasteiger partial charge is 0.262 e. The largest absolute Gasteiger partial charge is 0.497 e. The first-order valence-corrected chi connectivity index (χ1v) is 12.5. The van der Waals surface area contributed by atoms with Crippen LogP contribution in [0.3, 0.4) is 0 Å². The van der Waals surface area contributed by atoms with Crippen LogP contribution in [-0.2, 0) is 23.1 Å². The van der Waals surface area contributed by atoms with E-state index >= 15 is 0 Å². The van der Waals surface area contributed by atoms with Crippen LogP contribution >= 0.6 is 0 Å². The average molecular weight is 495 g/mol. The van der Waals surface area contributed by atoms with Gasteiger partial charge in [0.05, 0.1) is 25.3 Å². The highest BCUT2D eigenvalue weighted by Crippen LogP contribution is 2.29. The van der Waals surface area contributed by atoms with Crippen molar-refractivity contribution in [2.24, 2.45) is 0 Å². The number of rotatable bonds is 9. The number of hydrogen-bond acceptors (Lipinski definition) is 6. The Hall–Kier alpha value is -3.69. The summed E-state index contributed by atoms with van der Waals surface area (Å²) in [4.78, 5) is 26.8. The summed E-state index contributed by atoms with van der Waals surface area (Å²) in [5, 5.41) is -1.40. The van der Waals surface area contributed by atoms with E-state index in [2.05, 4.69) is 0 Å². The summed E-state index contributed by atoms with van der Waals surface area (Å²) in [5.74, 6) is 0.0708. The summed E-state index contributed by atoms with van der Waals surface area (Å²) in [6, 6.07) is 20.5. The summed E-state index contributed by atoms with van der Waals surface area (Å²) < 4.78 is 39.4. The fraction of sp³-hybridized carbons (Fsp3) is 0.231. The molecule has 1 atom stereocenters. The molecule has 9 heteroatoms. The van der Waals surface area contributed by atoms with E-state index in [1.54, 1.807) is 74.9 Å². The molecule has 1 unspecified atom stereocenters. The van der Waals surface area contributed by atoms with Gasteiger partial charge in [-0.2, -0.15) is 4.31 Å². The summed E-state index contributed by atoms with van der Waals surface area (Å²) in [5.41, 5.74) is 1.88. The molecule has 0 spiro atoms. The number of carbonyl (C=O) groups is 2. The molecule has 3 aromatic carbocycles. The van der Waals surface area contributed by atoms with Crippen LogP contribution in [0.5, 0.6) is 11.5 Å². The number of benzene rings is 3. The van der Waals surface area contributed by atoms with Gasteiger partial charge in [-0.1, -0.05) is 36.4 Å². The van der Waals surface area contributed by atoms with Crippen molar-refractivity contribution < 1.29 is 27.5 Å². The Morgan fingerprint density at radius 1 is 0.743 bits per heavy atom. The van der Waals surface area contributed by atoms with Crippen LogP contribution in [0.2, 0.25) is 0 Å². The van der Waals surface area contributed by atoms with Gasteiger partial charge in [0.25, 0.3) is 11.8 Å². The molecule has 0 saturated heterocycles. The number of methoxy groups -OCH3 is 2. The monoisotopic (exact) mass is 494 g/mol. The quantitative estimate of drug-likeness (QED) is 0.422. The first-order chi connectivity index (χ1) is 16.8. The van der Waals surface area contributed by atoms with Gasteiger partial charge in [0.15, 0.2) is 5.37 Å². The lowest BCUT2D eigenvalue weighted by molar-refractivity contribution is 0.0636. The van der Waals surface area contributed by atoms with Gasteiger partial charge in [0.1, 0.15) is 11.5 Å². The molecule has 1 heterocycles. The van der Waals surface area contributed by atoms with Crippen LogP contribution in [0.15, 0.2) is 72.8 Å². The van der Waals surface area contributed by atoms with E-state index in [-0.39, 0.29) is 24.2 Å². The zero-order chi connectivity index (χ0) is 25.2. The summed E-state index contributed by atoms with van der Waals surface area (Å²) in [6.07, 6.45) is 0. The maximum absolute atomic E-state index is 13.8. The third kappa shape index (κ3) is 4.78. The van der Waals surface area contributed by atoms with E-state index in [0.29, 0.717) is 11.5 Å². The normalized spacial score (nSPS) is 14.2. The molecule has 0 bridgehead atoms. The Kier molecular flexibility index (Phi) is 6.90. The topological polar surface area (TPSA) is 93.2 Å². The molecule has 3 aromatic rings. The second kappa shape index (κ2) is 9.89. The number of nitrogens with zero attached hydrogens (tertiary/aromatic N) is 2. The molecule has 4 rings (SSSR count). The Morgan fingerprint density at radius 2 is 1.14 bits per heavy atom. The van der Waals surface area contributed by atoms with Gasteiger partial charge in [-0.05, 0) is 54.4 Å². The van der Waals surface area contributed by atoms with Crippen LogP contribution in [0.25, 0.3) is 0 Å². The lowest BCUT2D eigenvalue weighted by Crippen LogP contribution is -2.48. The van der Waals surface area contributed by atoms with Gasteiger partial charge in [0.2, 0.25) is 10.0 Å². The molecule has 182 valence electrons. The second-order valence-corrected chi connectivity index (χ2v) is 10.4. The number of fused-ring (bicyclic) bond motifs is 1. The molecule has 0 saturated carbocycles. The van der Waals surface area contributed by atoms with E-state index in [1.807, 2.05) is 0 Å². The highest BCUT2D eigenvalue weighted by molar-refractivity contribution is 7.89. The van der Waals surface area contributed by atoms with Crippen LogP contribution in [0.1, 0.15) is 38.8 Å². The Bertz CT molecular complexity index is 1250. The fourth-order valence-electron chi connectivity index (χ4n) is 3.99. The number of ether oxygens (including phenoxy) is 2. The fourth-order valence-corrected chi connectivity index (χ4v) is 5.54. The van der Waals surface area contributed by atoms with E-state index in [1.165, 1.54) is 23.4 Å². The summed E-state index contributed by atoms with van der Waals surface area (Å²) in [7, 11) is -1.03. The van der Waals surface area contributed by atoms with Crippen molar-refractivity contribution in [3.63, 3.8) is 0 Å². The molecule has 35 heavy (non-hydrogen) atoms. The zero-order valence-electron chi connectivity index (χ0n) is 19.7. The second-order valence-electron chi connectivity index (χ2n) is 8.13. The maximum atomic E-state index is 13.8. The van der Waals surface area contributed by atoms with Gasteiger partial charge in [0, 0.05) is 13.1 Å². The van der Waals surface area contributed by atoms with Crippen LogP contribution < -0.4 is 9.47 Å². The molecule has 0 fully saturated rings. The molecule has 0 radical (unpaired) electrons. The highest BCUT2D eigenvalue weighted by atomic mass is 32.2. The predicted octanol–water partition coefficient (Wildman–Crippen LogP) is 3.68. The lowest BCUT2D eigenvalue weighted by Gasteiger charge is -2.30. The number of hydrogen-bond donors (Lipinski definition) is 0. The minimum absolute atomic E-state index is 0.0475. The number of amides is 2. The van der Waals surface area contributed by atoms with Crippen molar-refractivity contribution in [3.8, 4) is 11.5 Å². The van der Waals surface area contributed by atoms with Crippen LogP contribution in [0, 0.1) is 0 Å². The van der Waals surface area contributed by atoms with Gasteiger partial charge in [-0.15, -0.1) is 0 Å². The maximum Gasteiger partial charge on any atom is 0.262 e. The van der Waals surface area contributed by atoms with Crippen molar-refractivity contribution in [2.75, 3.05) is 14.2 Å². The summed E-state index contributed by atoms with van der Waals surface area (Å²) in [6.45, 7) is 1.46. The van der Waals surface area contributed by atoms with E-state index in [4.69, 9.17) is 9.47 Å². The molecule has 1 aliphatic rings. The predicted molar refractivity (Wildman–Crippen MR) is 131 cm³/mol. The van der Waals surface area contributed by atoms with Crippen LogP contribution in [0.4, 0.5) is 0 Å². The molecular formula is C26H26N2O6S. The SMILES string of the molecule is COc1ccc(CN(Cc2ccc(OC)cc2)S(=O)(=O)C(C)N2C(=O)c3ccccc3C2=O)cc1. The Balaban J connectivity index is 1.67. The van der Waals surface area contributed by atoms with E-state index in [9.17, 15) is 18.0 Å². The number of carbonyl (C=O) groups excluding carboxylic acids is 2. The molecule has 1 aliphatic heterocycles. The third-order valence-corrected chi connectivity index (χ3v) is 8.07. The minimum Gasteiger partial charge on any atom is -0.497 e. The standard InChI is InChI=1S/C26H26N2O6S/c1-18(28-25(29)23-6-4-5-7-24(23)26(28)30)35(31,32)27(16-19-8-12-21(33-2)13-9-19)17-20-10-14-22(34-3)15-11-20/h4-15,18H,16-17H2,1-3H3. The van der Waals surface area contributed by atoms with Crippen molar-refractivity contribution in [2.45, 2.75) is 25.4 Å². The van der Waals surface area contributed by atoms with E-state index in [0.717, 1.165) is 16.0 Å². The molecule has 2 amide bonds. The Morgan fingerprint density at radius 3 is 1.51 bits per heavy atom. The van der Waals surface area contributed by atoms with Crippen LogP contribution in [-0.4, -0.2) is 49.0 Å². The molecular weight excluding hydrogens is 468 g/mol. The van der Waals surface area contributed by atoms with Gasteiger partial charge >= 0.3 is 0 Å². The number of sulfonamides is 1. The zero-order valence-corrected chi connectivity index (χ0v) is 20.5. The van der Waals surface area contributed by atoms with Gasteiger partial charge < -0.3 is 9.47 Å². The van der Waals surface area contributed by atoms with Crippen molar-refractivity contribution in [3.05, 3.63) is 95.1 Å². The lowest BCUT2D eigenvalue weighted by atomic mass is 10.1. The van der Waals surface area contributed by atoms with Crippen molar-refractivity contribution in [1.82, 2.24) is 9.21 Å². The van der Waals surface area contributed by atoms with E-state index < -0.39 is 27.2 Å². The molecule has 0 N–H and O–H groups in total. The first kappa shape index (κ1) is 24.4. The van der Waals surface area contributed by atoms with Gasteiger partial charge in [-0.25, -0.2) is 8.42 Å². The van der Waals surface area contributed by atoms with Crippen molar-refractivity contribution in [1.29, 1.82) is 0 Å². The number of imide groups is 1. The summed E-state index contributed by atoms with van der Waals surface area (Å²) >= 11 is 0. The molecule has 0 aliphatic carbocycles. The first-order valence-electron chi connectivity index (χ1n) is 11.0. The Labute approximate surface area is 204 Å². The minimum atomic E-state index is -4.14.